The molecule has 24 heavy (non-hydrogen) atoms. The highest BCUT2D eigenvalue weighted by atomic mass is 32.2. The van der Waals surface area contributed by atoms with E-state index in [-0.39, 0.29) is 15.7 Å². The molecule has 1 amide bonds. The van der Waals surface area contributed by atoms with Crippen LogP contribution in [0.3, 0.4) is 0 Å². The van der Waals surface area contributed by atoms with E-state index in [2.05, 4.69) is 12.2 Å². The van der Waals surface area contributed by atoms with Crippen LogP contribution in [0.5, 0.6) is 0 Å². The van der Waals surface area contributed by atoms with E-state index in [1.54, 1.807) is 5.38 Å². The van der Waals surface area contributed by atoms with Gasteiger partial charge < -0.3 is 10.1 Å². The van der Waals surface area contributed by atoms with Gasteiger partial charge in [0.05, 0.1) is 0 Å². The van der Waals surface area contributed by atoms with Crippen molar-refractivity contribution in [1.82, 2.24) is 9.62 Å². The second kappa shape index (κ2) is 9.50. The average Bonchev–Trinajstić information content (AvgIpc) is 3.25. The molecule has 1 fully saturated rings. The molecular formula is C16H26N2O4S2. The number of nitrogens with one attached hydrogen (secondary N) is 1. The van der Waals surface area contributed by atoms with E-state index in [0.29, 0.717) is 26.2 Å². The second-order valence-corrected chi connectivity index (χ2v) is 8.62. The quantitative estimate of drug-likeness (QED) is 0.638. The van der Waals surface area contributed by atoms with Crippen LogP contribution in [0.2, 0.25) is 0 Å². The zero-order valence-corrected chi connectivity index (χ0v) is 15.8. The normalized spacial score (nSPS) is 15.7. The van der Waals surface area contributed by atoms with Gasteiger partial charge in [0.25, 0.3) is 5.91 Å². The number of carbonyl (C=O) groups is 1. The van der Waals surface area contributed by atoms with Crippen LogP contribution in [-0.2, 0) is 14.8 Å². The number of hydrogen-bond acceptors (Lipinski definition) is 5. The summed E-state index contributed by atoms with van der Waals surface area (Å²) in [5.41, 5.74) is 0. The van der Waals surface area contributed by atoms with E-state index in [4.69, 9.17) is 4.74 Å². The van der Waals surface area contributed by atoms with Crippen molar-refractivity contribution in [3.05, 3.63) is 16.3 Å². The van der Waals surface area contributed by atoms with Crippen molar-refractivity contribution in [3.8, 4) is 0 Å². The van der Waals surface area contributed by atoms with Gasteiger partial charge in [-0.2, -0.15) is 4.31 Å². The van der Waals surface area contributed by atoms with Gasteiger partial charge in [-0.05, 0) is 37.1 Å². The van der Waals surface area contributed by atoms with Crippen LogP contribution in [0.1, 0.15) is 48.7 Å². The summed E-state index contributed by atoms with van der Waals surface area (Å²) in [7, 11) is -3.56. The third-order valence-electron chi connectivity index (χ3n) is 3.91. The first-order valence-electron chi connectivity index (χ1n) is 8.51. The van der Waals surface area contributed by atoms with Crippen molar-refractivity contribution in [2.45, 2.75) is 43.9 Å². The molecule has 0 saturated carbocycles. The van der Waals surface area contributed by atoms with Gasteiger partial charge >= 0.3 is 0 Å². The molecule has 0 aliphatic carbocycles. The number of amides is 1. The van der Waals surface area contributed by atoms with E-state index in [9.17, 15) is 13.2 Å². The van der Waals surface area contributed by atoms with E-state index >= 15 is 0 Å². The number of ether oxygens (including phenoxy) is 1. The Morgan fingerprint density at radius 3 is 2.71 bits per heavy atom. The first-order chi connectivity index (χ1) is 11.6. The van der Waals surface area contributed by atoms with Gasteiger partial charge in [-0.25, -0.2) is 8.42 Å². The van der Waals surface area contributed by atoms with Crippen molar-refractivity contribution in [1.29, 1.82) is 0 Å². The number of hydrogen-bond donors (Lipinski definition) is 1. The summed E-state index contributed by atoms with van der Waals surface area (Å²) >= 11 is 1.17. The Morgan fingerprint density at radius 2 is 2.00 bits per heavy atom. The molecule has 0 bridgehead atoms. The van der Waals surface area contributed by atoms with Gasteiger partial charge in [-0.1, -0.05) is 13.3 Å². The fourth-order valence-electron chi connectivity index (χ4n) is 2.54. The lowest BCUT2D eigenvalue weighted by molar-refractivity contribution is 0.0941. The number of rotatable bonds is 10. The Morgan fingerprint density at radius 1 is 1.29 bits per heavy atom. The molecule has 1 aromatic rings. The van der Waals surface area contributed by atoms with Crippen LogP contribution in [0, 0.1) is 0 Å². The van der Waals surface area contributed by atoms with Gasteiger partial charge in [0.15, 0.2) is 0 Å². The maximum atomic E-state index is 12.6. The zero-order valence-electron chi connectivity index (χ0n) is 14.1. The number of sulfonamides is 1. The van der Waals surface area contributed by atoms with Crippen LogP contribution >= 0.6 is 11.3 Å². The van der Waals surface area contributed by atoms with Crippen LogP contribution in [-0.4, -0.2) is 51.5 Å². The Balaban J connectivity index is 1.86. The second-order valence-electron chi connectivity index (χ2n) is 5.80. The molecule has 2 rings (SSSR count). The molecular weight excluding hydrogens is 348 g/mol. The summed E-state index contributed by atoms with van der Waals surface area (Å²) in [6.45, 7) is 5.00. The van der Waals surface area contributed by atoms with Crippen molar-refractivity contribution >= 4 is 27.3 Å². The van der Waals surface area contributed by atoms with Crippen LogP contribution in [0.4, 0.5) is 0 Å². The van der Waals surface area contributed by atoms with Crippen molar-refractivity contribution in [2.24, 2.45) is 0 Å². The molecule has 6 nitrogen and oxygen atoms in total. The molecule has 136 valence electrons. The Hall–Kier alpha value is -0.960. The highest BCUT2D eigenvalue weighted by Crippen LogP contribution is 2.27. The number of thiophene rings is 1. The summed E-state index contributed by atoms with van der Waals surface area (Å²) < 4.78 is 32.2. The smallest absolute Gasteiger partial charge is 0.262 e. The minimum atomic E-state index is -3.56. The van der Waals surface area contributed by atoms with E-state index in [1.807, 2.05) is 0 Å². The lowest BCUT2D eigenvalue weighted by Gasteiger charge is -2.15. The van der Waals surface area contributed by atoms with Gasteiger partial charge in [-0.3, -0.25) is 4.79 Å². The van der Waals surface area contributed by atoms with Gasteiger partial charge in [0.1, 0.15) is 9.77 Å². The van der Waals surface area contributed by atoms with Gasteiger partial charge in [-0.15, -0.1) is 11.3 Å². The predicted molar refractivity (Wildman–Crippen MR) is 95.0 cm³/mol. The topological polar surface area (TPSA) is 75.7 Å². The minimum absolute atomic E-state index is 0.131. The fraction of sp³-hybridized carbons (Fsp3) is 0.688. The van der Waals surface area contributed by atoms with Gasteiger partial charge in [0, 0.05) is 32.8 Å². The summed E-state index contributed by atoms with van der Waals surface area (Å²) in [5, 5.41) is 4.45. The molecule has 0 spiro atoms. The molecule has 1 aliphatic rings. The van der Waals surface area contributed by atoms with Crippen molar-refractivity contribution in [2.75, 3.05) is 32.8 Å². The van der Waals surface area contributed by atoms with Crippen LogP contribution in [0.25, 0.3) is 0 Å². The molecule has 0 radical (unpaired) electrons. The molecule has 1 aliphatic heterocycles. The van der Waals surface area contributed by atoms with E-state index in [0.717, 1.165) is 38.7 Å². The molecule has 1 N–H and O–H groups in total. The third kappa shape index (κ3) is 5.02. The molecule has 1 saturated heterocycles. The largest absolute Gasteiger partial charge is 0.381 e. The summed E-state index contributed by atoms with van der Waals surface area (Å²) in [4.78, 5) is 12.7. The maximum Gasteiger partial charge on any atom is 0.262 e. The number of nitrogens with zero attached hydrogens (tertiary/aromatic N) is 1. The highest BCUT2D eigenvalue weighted by Gasteiger charge is 2.31. The Bertz CT molecular complexity index is 622. The molecule has 0 aromatic carbocycles. The Kier molecular flexibility index (Phi) is 7.67. The van der Waals surface area contributed by atoms with Crippen molar-refractivity contribution in [3.63, 3.8) is 0 Å². The highest BCUT2D eigenvalue weighted by molar-refractivity contribution is 7.89. The molecule has 2 heterocycles. The molecule has 8 heteroatoms. The minimum Gasteiger partial charge on any atom is -0.381 e. The average molecular weight is 375 g/mol. The monoisotopic (exact) mass is 374 g/mol. The van der Waals surface area contributed by atoms with Crippen LogP contribution < -0.4 is 5.32 Å². The van der Waals surface area contributed by atoms with E-state index in [1.165, 1.54) is 21.7 Å². The zero-order chi connectivity index (χ0) is 17.4. The lowest BCUT2D eigenvalue weighted by Crippen LogP contribution is -2.31. The van der Waals surface area contributed by atoms with E-state index < -0.39 is 10.0 Å². The molecule has 0 unspecified atom stereocenters. The summed E-state index contributed by atoms with van der Waals surface area (Å²) in [6, 6.07) is 1.53. The van der Waals surface area contributed by atoms with Gasteiger partial charge in [0.2, 0.25) is 10.0 Å². The predicted octanol–water partition coefficient (Wildman–Crippen LogP) is 2.47. The number of unbranched alkanes of at least 4 members (excludes halogenated alkanes) is 1. The SMILES string of the molecule is CCCCOCCCNC(=O)c1sccc1S(=O)(=O)N1CCCC1. The fourth-order valence-corrected chi connectivity index (χ4v) is 5.37. The maximum absolute atomic E-state index is 12.6. The Labute approximate surface area is 148 Å². The third-order valence-corrected chi connectivity index (χ3v) is 6.89. The first kappa shape index (κ1) is 19.4. The number of carbonyl (C=O) groups excluding carboxylic acids is 1. The molecule has 1 aromatic heterocycles. The van der Waals surface area contributed by atoms with Crippen molar-refractivity contribution < 1.29 is 17.9 Å². The van der Waals surface area contributed by atoms with Crippen LogP contribution in [0.15, 0.2) is 16.3 Å². The summed E-state index contributed by atoms with van der Waals surface area (Å²) in [5.74, 6) is -0.323. The molecule has 0 atom stereocenters. The standard InChI is InChI=1S/C16H26N2O4S2/c1-2-3-11-22-12-6-8-17-16(19)15-14(7-13-23-15)24(20,21)18-9-4-5-10-18/h7,13H,2-6,8-12H2,1H3,(H,17,19). The lowest BCUT2D eigenvalue weighted by atomic mass is 10.3. The summed E-state index contributed by atoms with van der Waals surface area (Å²) in [6.07, 6.45) is 4.61. The first-order valence-corrected chi connectivity index (χ1v) is 10.8.